The first-order valence-corrected chi connectivity index (χ1v) is 6.62. The second-order valence-corrected chi connectivity index (χ2v) is 5.00. The largest absolute Gasteiger partial charge is 0.504 e. The predicted octanol–water partition coefficient (Wildman–Crippen LogP) is 3.34. The van der Waals surface area contributed by atoms with Crippen molar-refractivity contribution in [3.63, 3.8) is 0 Å². The standard InChI is InChI=1S/C16H9NO6/c18-10-5-13-8(14(20)15(10)21)4-11(19)16(23-13)7-1-2-12-9(3-7)17-6-22-12/h1-6H,(H3-,17,18,19,20,21)/p+1. The van der Waals surface area contributed by atoms with Gasteiger partial charge < -0.3 is 24.8 Å². The van der Waals surface area contributed by atoms with E-state index in [0.717, 1.165) is 6.07 Å². The summed E-state index contributed by atoms with van der Waals surface area (Å²) in [5, 5.41) is 39.2. The number of phenolic OH excluding ortho intramolecular Hbond substituents is 3. The fourth-order valence-electron chi connectivity index (χ4n) is 2.43. The van der Waals surface area contributed by atoms with E-state index in [2.05, 4.69) is 4.98 Å². The quantitative estimate of drug-likeness (QED) is 0.314. The summed E-state index contributed by atoms with van der Waals surface area (Å²) in [6, 6.07) is 7.43. The van der Waals surface area contributed by atoms with Gasteiger partial charge in [-0.3, -0.25) is 0 Å². The van der Waals surface area contributed by atoms with E-state index < -0.39 is 17.2 Å². The number of benzene rings is 2. The lowest BCUT2D eigenvalue weighted by Gasteiger charge is -2.02. The molecule has 0 radical (unpaired) electrons. The van der Waals surface area contributed by atoms with E-state index in [0.29, 0.717) is 16.7 Å². The maximum atomic E-state index is 10.2. The molecule has 0 aliphatic carbocycles. The van der Waals surface area contributed by atoms with Crippen LogP contribution in [0.2, 0.25) is 0 Å². The molecule has 0 amide bonds. The Bertz CT molecular complexity index is 1070. The Morgan fingerprint density at radius 2 is 1.74 bits per heavy atom. The summed E-state index contributed by atoms with van der Waals surface area (Å²) in [4.78, 5) is 4.03. The second kappa shape index (κ2) is 4.51. The fraction of sp³-hybridized carbons (Fsp3) is 0. The average Bonchev–Trinajstić information content (AvgIpc) is 3.01. The molecule has 0 saturated heterocycles. The van der Waals surface area contributed by atoms with E-state index in [4.69, 9.17) is 8.83 Å². The number of oxazole rings is 1. The molecule has 114 valence electrons. The van der Waals surface area contributed by atoms with Gasteiger partial charge in [0.15, 0.2) is 23.5 Å². The third-order valence-electron chi connectivity index (χ3n) is 3.57. The SMILES string of the molecule is Oc1cc2c(O)c(O)c(O)cc2[o+]c1-c1ccc2ocnc2c1. The van der Waals surface area contributed by atoms with Crippen LogP contribution in [-0.2, 0) is 0 Å². The van der Waals surface area contributed by atoms with Crippen LogP contribution in [0.1, 0.15) is 0 Å². The molecular formula is C16H10NO6+. The molecule has 0 spiro atoms. The Hall–Kier alpha value is -3.48. The van der Waals surface area contributed by atoms with Gasteiger partial charge in [-0.1, -0.05) is 0 Å². The minimum Gasteiger partial charge on any atom is -0.504 e. The normalized spacial score (nSPS) is 11.3. The van der Waals surface area contributed by atoms with E-state index in [1.165, 1.54) is 12.5 Å². The third-order valence-corrected chi connectivity index (χ3v) is 3.57. The van der Waals surface area contributed by atoms with Crippen molar-refractivity contribution in [3.05, 3.63) is 36.7 Å². The van der Waals surface area contributed by atoms with Gasteiger partial charge in [0.25, 0.3) is 0 Å². The summed E-state index contributed by atoms with van der Waals surface area (Å²) in [5.74, 6) is -1.88. The molecule has 23 heavy (non-hydrogen) atoms. The van der Waals surface area contributed by atoms with Crippen LogP contribution in [0.3, 0.4) is 0 Å². The summed E-state index contributed by atoms with van der Waals surface area (Å²) >= 11 is 0. The Kier molecular flexibility index (Phi) is 2.59. The van der Waals surface area contributed by atoms with Crippen molar-refractivity contribution in [1.29, 1.82) is 0 Å². The first kappa shape index (κ1) is 13.2. The lowest BCUT2D eigenvalue weighted by molar-refractivity contribution is 0.369. The lowest BCUT2D eigenvalue weighted by Crippen LogP contribution is -1.83. The zero-order valence-electron chi connectivity index (χ0n) is 11.5. The lowest BCUT2D eigenvalue weighted by atomic mass is 10.1. The predicted molar refractivity (Wildman–Crippen MR) is 80.3 cm³/mol. The first-order chi connectivity index (χ1) is 11.0. The monoisotopic (exact) mass is 312 g/mol. The highest BCUT2D eigenvalue weighted by Crippen LogP contribution is 2.44. The number of rotatable bonds is 1. The minimum absolute atomic E-state index is 0.0732. The second-order valence-electron chi connectivity index (χ2n) is 5.00. The van der Waals surface area contributed by atoms with Gasteiger partial charge in [-0.05, 0) is 18.2 Å². The Morgan fingerprint density at radius 1 is 0.913 bits per heavy atom. The summed E-state index contributed by atoms with van der Waals surface area (Å²) in [5.41, 5.74) is 1.83. The molecule has 7 heteroatoms. The highest BCUT2D eigenvalue weighted by molar-refractivity contribution is 5.91. The van der Waals surface area contributed by atoms with Gasteiger partial charge in [0.2, 0.25) is 11.5 Å². The summed E-state index contributed by atoms with van der Waals surface area (Å²) < 4.78 is 10.7. The highest BCUT2D eigenvalue weighted by Gasteiger charge is 2.26. The fourth-order valence-corrected chi connectivity index (χ4v) is 2.43. The minimum atomic E-state index is -0.677. The molecule has 0 atom stereocenters. The Balaban J connectivity index is 1.99. The molecule has 2 aromatic carbocycles. The molecule has 4 N–H and O–H groups in total. The van der Waals surface area contributed by atoms with Crippen LogP contribution in [0.5, 0.6) is 23.0 Å². The molecule has 2 heterocycles. The smallest absolute Gasteiger partial charge is 0.402 e. The van der Waals surface area contributed by atoms with E-state index in [-0.39, 0.29) is 22.5 Å². The molecule has 0 aliphatic heterocycles. The molecule has 7 nitrogen and oxygen atoms in total. The van der Waals surface area contributed by atoms with Crippen molar-refractivity contribution in [3.8, 4) is 34.3 Å². The zero-order chi connectivity index (χ0) is 16.1. The van der Waals surface area contributed by atoms with Crippen LogP contribution in [-0.4, -0.2) is 25.4 Å². The summed E-state index contributed by atoms with van der Waals surface area (Å²) in [7, 11) is 0. The number of aromatic nitrogens is 1. The first-order valence-electron chi connectivity index (χ1n) is 6.62. The maximum absolute atomic E-state index is 10.2. The van der Waals surface area contributed by atoms with Crippen molar-refractivity contribution in [2.45, 2.75) is 0 Å². The molecule has 0 aliphatic rings. The third kappa shape index (κ3) is 1.90. The average molecular weight is 312 g/mol. The van der Waals surface area contributed by atoms with E-state index in [1.54, 1.807) is 18.2 Å². The number of aromatic hydroxyl groups is 4. The highest BCUT2D eigenvalue weighted by atomic mass is 16.4. The van der Waals surface area contributed by atoms with Crippen LogP contribution >= 0.6 is 0 Å². The molecule has 4 rings (SSSR count). The number of hydrogen-bond acceptors (Lipinski definition) is 6. The van der Waals surface area contributed by atoms with Crippen molar-refractivity contribution in [2.24, 2.45) is 0 Å². The molecular weight excluding hydrogens is 302 g/mol. The van der Waals surface area contributed by atoms with E-state index in [9.17, 15) is 20.4 Å². The number of fused-ring (bicyclic) bond motifs is 2. The Labute approximate surface area is 128 Å². The van der Waals surface area contributed by atoms with Gasteiger partial charge in [0.1, 0.15) is 10.9 Å². The maximum Gasteiger partial charge on any atom is 0.402 e. The zero-order valence-corrected chi connectivity index (χ0v) is 11.5. The van der Waals surface area contributed by atoms with Crippen molar-refractivity contribution < 1.29 is 29.3 Å². The number of nitrogens with zero attached hydrogens (tertiary/aromatic N) is 1. The van der Waals surface area contributed by atoms with Crippen LogP contribution < -0.4 is 0 Å². The molecule has 0 saturated carbocycles. The van der Waals surface area contributed by atoms with Crippen molar-refractivity contribution in [2.75, 3.05) is 0 Å². The number of phenols is 3. The van der Waals surface area contributed by atoms with Gasteiger partial charge >= 0.3 is 11.3 Å². The Morgan fingerprint density at radius 3 is 2.57 bits per heavy atom. The van der Waals surface area contributed by atoms with Crippen LogP contribution in [0, 0.1) is 0 Å². The molecule has 0 fully saturated rings. The molecule has 2 aromatic heterocycles. The molecule has 0 unspecified atom stereocenters. The van der Waals surface area contributed by atoms with Crippen LogP contribution in [0.4, 0.5) is 0 Å². The molecule has 0 bridgehead atoms. The van der Waals surface area contributed by atoms with Gasteiger partial charge in [0.05, 0.1) is 11.6 Å². The van der Waals surface area contributed by atoms with Crippen molar-refractivity contribution in [1.82, 2.24) is 4.98 Å². The molecule has 4 aromatic rings. The van der Waals surface area contributed by atoms with Gasteiger partial charge in [-0.15, -0.1) is 0 Å². The summed E-state index contributed by atoms with van der Waals surface area (Å²) in [6.07, 6.45) is 1.31. The summed E-state index contributed by atoms with van der Waals surface area (Å²) in [6.45, 7) is 0. The van der Waals surface area contributed by atoms with Crippen molar-refractivity contribution >= 4 is 22.1 Å². The topological polar surface area (TPSA) is 118 Å². The van der Waals surface area contributed by atoms with Gasteiger partial charge in [0, 0.05) is 6.07 Å². The van der Waals surface area contributed by atoms with Crippen LogP contribution in [0.25, 0.3) is 33.4 Å². The van der Waals surface area contributed by atoms with E-state index in [1.807, 2.05) is 0 Å². The number of hydrogen-bond donors (Lipinski definition) is 4. The van der Waals surface area contributed by atoms with E-state index >= 15 is 0 Å². The van der Waals surface area contributed by atoms with Crippen LogP contribution in [0.15, 0.2) is 45.6 Å². The van der Waals surface area contributed by atoms with Gasteiger partial charge in [-0.25, -0.2) is 9.40 Å². The van der Waals surface area contributed by atoms with Gasteiger partial charge in [-0.2, -0.15) is 0 Å².